The van der Waals surface area contributed by atoms with Gasteiger partial charge in [-0.1, -0.05) is 35.3 Å². The number of carbonyl (C=O) groups is 2. The molecule has 4 rings (SSSR count). The smallest absolute Gasteiger partial charge is 0.259 e. The highest BCUT2D eigenvalue weighted by Crippen LogP contribution is 2.32. The fourth-order valence-corrected chi connectivity index (χ4v) is 4.23. The fourth-order valence-electron chi connectivity index (χ4n) is 3.89. The van der Waals surface area contributed by atoms with Crippen molar-refractivity contribution in [2.75, 3.05) is 43.5 Å². The summed E-state index contributed by atoms with van der Waals surface area (Å²) in [5, 5.41) is 3.77. The Morgan fingerprint density at radius 1 is 0.912 bits per heavy atom. The van der Waals surface area contributed by atoms with Crippen LogP contribution in [0.4, 0.5) is 15.8 Å². The molecule has 3 aromatic rings. The summed E-state index contributed by atoms with van der Waals surface area (Å²) < 4.78 is 19.3. The van der Waals surface area contributed by atoms with Gasteiger partial charge in [0, 0.05) is 36.2 Å². The Morgan fingerprint density at radius 2 is 1.59 bits per heavy atom. The highest BCUT2D eigenvalue weighted by atomic mass is 35.5. The first-order valence-electron chi connectivity index (χ1n) is 10.6. The molecule has 3 aromatic carbocycles. The van der Waals surface area contributed by atoms with Crippen molar-refractivity contribution < 1.29 is 18.7 Å². The van der Waals surface area contributed by atoms with Crippen LogP contribution in [0.3, 0.4) is 0 Å². The summed E-state index contributed by atoms with van der Waals surface area (Å²) in [7, 11) is 1.48. The maximum atomic E-state index is 14.0. The number of carbonyl (C=O) groups excluding carboxylic acids is 2. The molecule has 1 N–H and O–H groups in total. The van der Waals surface area contributed by atoms with Gasteiger partial charge in [0.15, 0.2) is 0 Å². The molecule has 0 unspecified atom stereocenters. The molecule has 0 atom stereocenters. The third kappa shape index (κ3) is 5.11. The molecule has 6 nitrogen and oxygen atoms in total. The number of halogens is 3. The van der Waals surface area contributed by atoms with Gasteiger partial charge in [-0.15, -0.1) is 0 Å². The number of anilines is 2. The molecule has 0 radical (unpaired) electrons. The van der Waals surface area contributed by atoms with Crippen molar-refractivity contribution >= 4 is 46.4 Å². The van der Waals surface area contributed by atoms with Gasteiger partial charge >= 0.3 is 0 Å². The van der Waals surface area contributed by atoms with E-state index in [1.807, 2.05) is 11.0 Å². The minimum atomic E-state index is -0.533. The first kappa shape index (κ1) is 23.9. The largest absolute Gasteiger partial charge is 0.496 e. The summed E-state index contributed by atoms with van der Waals surface area (Å²) in [6.07, 6.45) is 0. The molecule has 1 saturated heterocycles. The van der Waals surface area contributed by atoms with E-state index in [0.717, 1.165) is 5.69 Å². The van der Waals surface area contributed by atoms with Crippen LogP contribution in [-0.2, 0) is 0 Å². The van der Waals surface area contributed by atoms with Gasteiger partial charge in [0.2, 0.25) is 0 Å². The normalized spacial score (nSPS) is 13.5. The fraction of sp³-hybridized carbons (Fsp3) is 0.200. The van der Waals surface area contributed by atoms with Gasteiger partial charge in [0.05, 0.1) is 29.6 Å². The Morgan fingerprint density at radius 3 is 2.29 bits per heavy atom. The molecule has 9 heteroatoms. The van der Waals surface area contributed by atoms with E-state index in [4.69, 9.17) is 27.9 Å². The molecule has 1 aliphatic rings. The first-order valence-corrected chi connectivity index (χ1v) is 11.4. The summed E-state index contributed by atoms with van der Waals surface area (Å²) >= 11 is 12.3. The maximum Gasteiger partial charge on any atom is 0.259 e. The van der Waals surface area contributed by atoms with Crippen molar-refractivity contribution in [1.82, 2.24) is 4.90 Å². The van der Waals surface area contributed by atoms with Crippen LogP contribution in [0.5, 0.6) is 5.75 Å². The van der Waals surface area contributed by atoms with Crippen LogP contribution in [0.2, 0.25) is 10.0 Å². The van der Waals surface area contributed by atoms with Crippen molar-refractivity contribution in [2.24, 2.45) is 0 Å². The van der Waals surface area contributed by atoms with Crippen molar-refractivity contribution in [3.63, 3.8) is 0 Å². The van der Waals surface area contributed by atoms with Gasteiger partial charge in [-0.25, -0.2) is 4.39 Å². The van der Waals surface area contributed by atoms with Crippen LogP contribution >= 0.6 is 23.2 Å². The predicted molar refractivity (Wildman–Crippen MR) is 132 cm³/mol. The molecule has 0 bridgehead atoms. The number of rotatable bonds is 5. The lowest BCUT2D eigenvalue weighted by Gasteiger charge is -2.37. The van der Waals surface area contributed by atoms with E-state index in [9.17, 15) is 14.0 Å². The van der Waals surface area contributed by atoms with Gasteiger partial charge in [-0.05, 0) is 48.5 Å². The number of hydrogen-bond acceptors (Lipinski definition) is 4. The lowest BCUT2D eigenvalue weighted by atomic mass is 10.1. The number of piperazine rings is 1. The SMILES string of the molecule is COc1ccc(Cl)cc1C(=O)Nc1cc(Cl)ccc1N1CCN(C(=O)c2ccccc2F)CC1. The summed E-state index contributed by atoms with van der Waals surface area (Å²) in [6.45, 7) is 1.83. The molecule has 1 aliphatic heterocycles. The summed E-state index contributed by atoms with van der Waals surface area (Å²) in [5.74, 6) is -0.869. The minimum absolute atomic E-state index is 0.0610. The molecule has 1 heterocycles. The van der Waals surface area contributed by atoms with Crippen LogP contribution in [0, 0.1) is 5.82 Å². The molecule has 0 spiro atoms. The molecule has 176 valence electrons. The second-order valence-corrected chi connectivity index (χ2v) is 8.59. The monoisotopic (exact) mass is 501 g/mol. The van der Waals surface area contributed by atoms with Crippen molar-refractivity contribution in [1.29, 1.82) is 0 Å². The minimum Gasteiger partial charge on any atom is -0.496 e. The van der Waals surface area contributed by atoms with Gasteiger partial charge in [-0.2, -0.15) is 0 Å². The molecule has 0 aromatic heterocycles. The van der Waals surface area contributed by atoms with E-state index in [1.54, 1.807) is 41.3 Å². The van der Waals surface area contributed by atoms with Crippen LogP contribution in [-0.4, -0.2) is 50.0 Å². The van der Waals surface area contributed by atoms with Crippen LogP contribution in [0.1, 0.15) is 20.7 Å². The zero-order valence-electron chi connectivity index (χ0n) is 18.4. The van der Waals surface area contributed by atoms with Gasteiger partial charge in [0.25, 0.3) is 11.8 Å². The van der Waals surface area contributed by atoms with E-state index in [1.165, 1.54) is 25.3 Å². The Kier molecular flexibility index (Phi) is 7.24. The Labute approximate surface area is 206 Å². The average Bonchev–Trinajstić information content (AvgIpc) is 2.84. The Balaban J connectivity index is 1.51. The number of nitrogens with zero attached hydrogens (tertiary/aromatic N) is 2. The third-order valence-corrected chi connectivity index (χ3v) is 6.09. The highest BCUT2D eigenvalue weighted by Gasteiger charge is 2.26. The molecule has 34 heavy (non-hydrogen) atoms. The van der Waals surface area contributed by atoms with Crippen LogP contribution in [0.15, 0.2) is 60.7 Å². The molecular formula is C25H22Cl2FN3O3. The number of ether oxygens (including phenoxy) is 1. The molecule has 0 saturated carbocycles. The van der Waals surface area contributed by atoms with Gasteiger partial charge in [0.1, 0.15) is 11.6 Å². The van der Waals surface area contributed by atoms with E-state index >= 15 is 0 Å². The van der Waals surface area contributed by atoms with Gasteiger partial charge in [-0.3, -0.25) is 9.59 Å². The second kappa shape index (κ2) is 10.3. The average molecular weight is 502 g/mol. The number of benzene rings is 3. The van der Waals surface area contributed by atoms with Crippen LogP contribution < -0.4 is 15.0 Å². The van der Waals surface area contributed by atoms with Crippen molar-refractivity contribution in [2.45, 2.75) is 0 Å². The van der Waals surface area contributed by atoms with Gasteiger partial charge < -0.3 is 19.9 Å². The number of methoxy groups -OCH3 is 1. The molecule has 2 amide bonds. The lowest BCUT2D eigenvalue weighted by molar-refractivity contribution is 0.0742. The van der Waals surface area contributed by atoms with E-state index in [2.05, 4.69) is 5.32 Å². The van der Waals surface area contributed by atoms with E-state index in [0.29, 0.717) is 53.2 Å². The van der Waals surface area contributed by atoms with Crippen molar-refractivity contribution in [3.05, 3.63) is 87.7 Å². The second-order valence-electron chi connectivity index (χ2n) is 7.72. The summed E-state index contributed by atoms with van der Waals surface area (Å²) in [5.41, 5.74) is 1.64. The summed E-state index contributed by atoms with van der Waals surface area (Å²) in [4.78, 5) is 29.4. The zero-order valence-corrected chi connectivity index (χ0v) is 19.9. The standard InChI is InChI=1S/C25H22Cl2FN3O3/c1-34-23-9-7-16(26)14-19(23)24(32)29-21-15-17(27)6-8-22(21)30-10-12-31(13-11-30)25(33)18-4-2-3-5-20(18)28/h2-9,14-15H,10-13H2,1H3,(H,29,32). The summed E-state index contributed by atoms with van der Waals surface area (Å²) in [6, 6.07) is 16.0. The Hall–Kier alpha value is -3.29. The number of hydrogen-bond donors (Lipinski definition) is 1. The first-order chi connectivity index (χ1) is 16.4. The highest BCUT2D eigenvalue weighted by molar-refractivity contribution is 6.31. The maximum absolute atomic E-state index is 14.0. The molecule has 1 fully saturated rings. The quantitative estimate of drug-likeness (QED) is 0.511. The van der Waals surface area contributed by atoms with E-state index < -0.39 is 11.7 Å². The third-order valence-electron chi connectivity index (χ3n) is 5.62. The number of nitrogens with one attached hydrogen (secondary N) is 1. The Bertz CT molecular complexity index is 1230. The molecular weight excluding hydrogens is 480 g/mol. The molecule has 0 aliphatic carbocycles. The predicted octanol–water partition coefficient (Wildman–Crippen LogP) is 5.36. The van der Waals surface area contributed by atoms with Crippen molar-refractivity contribution in [3.8, 4) is 5.75 Å². The van der Waals surface area contributed by atoms with Crippen LogP contribution in [0.25, 0.3) is 0 Å². The lowest BCUT2D eigenvalue weighted by Crippen LogP contribution is -2.49. The van der Waals surface area contributed by atoms with E-state index in [-0.39, 0.29) is 11.5 Å². The number of amides is 2. The topological polar surface area (TPSA) is 61.9 Å². The zero-order chi connectivity index (χ0) is 24.2.